The number of hydrogen-bond acceptors (Lipinski definition) is 3. The van der Waals surface area contributed by atoms with Crippen LogP contribution < -0.4 is 5.32 Å². The molecule has 0 spiro atoms. The predicted molar refractivity (Wildman–Crippen MR) is 62.0 cm³/mol. The van der Waals surface area contributed by atoms with Crippen LogP contribution in [0.1, 0.15) is 5.56 Å². The van der Waals surface area contributed by atoms with Gasteiger partial charge in [-0.25, -0.2) is 0 Å². The van der Waals surface area contributed by atoms with Crippen molar-refractivity contribution in [1.82, 2.24) is 0 Å². The first-order valence-electron chi connectivity index (χ1n) is 4.63. The fourth-order valence-corrected chi connectivity index (χ4v) is 2.66. The van der Waals surface area contributed by atoms with E-state index in [0.717, 1.165) is 11.5 Å². The van der Waals surface area contributed by atoms with Crippen LogP contribution in [0.15, 0.2) is 40.7 Å². The van der Waals surface area contributed by atoms with E-state index in [1.807, 2.05) is 30.1 Å². The van der Waals surface area contributed by atoms with Gasteiger partial charge < -0.3 is 5.32 Å². The van der Waals surface area contributed by atoms with Gasteiger partial charge >= 0.3 is 0 Å². The van der Waals surface area contributed by atoms with E-state index in [9.17, 15) is 0 Å². The summed E-state index contributed by atoms with van der Waals surface area (Å²) in [5, 5.41) is 3.46. The molecule has 0 aromatic heterocycles. The van der Waals surface area contributed by atoms with Crippen molar-refractivity contribution in [2.75, 3.05) is 16.8 Å². The van der Waals surface area contributed by atoms with E-state index in [0.29, 0.717) is 0 Å². The summed E-state index contributed by atoms with van der Waals surface area (Å²) < 4.78 is 0. The van der Waals surface area contributed by atoms with Gasteiger partial charge in [0, 0.05) is 34.7 Å². The Morgan fingerprint density at radius 2 is 2.14 bits per heavy atom. The van der Waals surface area contributed by atoms with Crippen LogP contribution in [0.3, 0.4) is 0 Å². The van der Waals surface area contributed by atoms with Gasteiger partial charge in [0.1, 0.15) is 0 Å². The van der Waals surface area contributed by atoms with E-state index >= 15 is 0 Å². The van der Waals surface area contributed by atoms with Gasteiger partial charge in [-0.3, -0.25) is 4.99 Å². The van der Waals surface area contributed by atoms with Crippen LogP contribution in [0.4, 0.5) is 5.69 Å². The average molecular weight is 202 g/mol. The van der Waals surface area contributed by atoms with E-state index < -0.39 is 0 Å². The van der Waals surface area contributed by atoms with Gasteiger partial charge in [0.15, 0.2) is 0 Å². The van der Waals surface area contributed by atoms with Gasteiger partial charge in [-0.1, -0.05) is 18.2 Å². The summed E-state index contributed by atoms with van der Waals surface area (Å²) in [5.41, 5.74) is 4.82. The second kappa shape index (κ2) is 3.17. The molecular weight excluding hydrogens is 192 g/mol. The molecule has 3 heteroatoms. The van der Waals surface area contributed by atoms with Gasteiger partial charge in [0.2, 0.25) is 0 Å². The highest BCUT2D eigenvalue weighted by molar-refractivity contribution is 7.99. The Hall–Kier alpha value is -1.22. The van der Waals surface area contributed by atoms with Gasteiger partial charge in [0.25, 0.3) is 0 Å². The number of anilines is 1. The molecule has 0 atom stereocenters. The van der Waals surface area contributed by atoms with E-state index in [2.05, 4.69) is 22.4 Å². The van der Waals surface area contributed by atoms with Crippen LogP contribution in [0.2, 0.25) is 0 Å². The summed E-state index contributed by atoms with van der Waals surface area (Å²) in [4.78, 5) is 4.50. The van der Waals surface area contributed by atoms with Crippen molar-refractivity contribution in [3.05, 3.63) is 41.2 Å². The lowest BCUT2D eigenvalue weighted by molar-refractivity contribution is 1.26. The monoisotopic (exact) mass is 202 g/mol. The van der Waals surface area contributed by atoms with Crippen LogP contribution in [0.25, 0.3) is 0 Å². The molecular formula is C11H10N2S. The molecule has 2 aliphatic heterocycles. The van der Waals surface area contributed by atoms with Crippen LogP contribution in [0, 0.1) is 0 Å². The number of benzene rings is 1. The molecule has 2 heterocycles. The van der Waals surface area contributed by atoms with Crippen molar-refractivity contribution in [2.24, 2.45) is 4.99 Å². The maximum Gasteiger partial charge on any atom is 0.0703 e. The first-order valence-corrected chi connectivity index (χ1v) is 5.79. The first kappa shape index (κ1) is 8.12. The van der Waals surface area contributed by atoms with Crippen molar-refractivity contribution in [3.8, 4) is 0 Å². The topological polar surface area (TPSA) is 24.4 Å². The molecule has 1 aromatic rings. The number of hydrogen-bond donors (Lipinski definition) is 1. The largest absolute Gasteiger partial charge is 0.356 e. The summed E-state index contributed by atoms with van der Waals surface area (Å²) in [7, 11) is 0. The van der Waals surface area contributed by atoms with Crippen molar-refractivity contribution in [3.63, 3.8) is 0 Å². The summed E-state index contributed by atoms with van der Waals surface area (Å²) in [5.74, 6) is 2.09. The second-order valence-electron chi connectivity index (χ2n) is 3.39. The number of nitrogens with one attached hydrogen (secondary N) is 1. The number of para-hydroxylation sites is 1. The normalized spacial score (nSPS) is 18.6. The van der Waals surface area contributed by atoms with E-state index in [4.69, 9.17) is 0 Å². The van der Waals surface area contributed by atoms with Crippen molar-refractivity contribution in [1.29, 1.82) is 0 Å². The summed E-state index contributed by atoms with van der Waals surface area (Å²) >= 11 is 1.91. The summed E-state index contributed by atoms with van der Waals surface area (Å²) in [6.07, 6.45) is 1.95. The summed E-state index contributed by atoms with van der Waals surface area (Å²) in [6, 6.07) is 8.27. The highest BCUT2D eigenvalue weighted by atomic mass is 32.2. The zero-order chi connectivity index (χ0) is 9.38. The molecule has 0 aliphatic carbocycles. The standard InChI is InChI=1S/C11H10N2S/c1-2-4-9-8(3-1)5-12-10-6-14-7-11(10)13-9/h1-5,13H,6-7H2. The summed E-state index contributed by atoms with van der Waals surface area (Å²) in [6.45, 7) is 0. The zero-order valence-electron chi connectivity index (χ0n) is 7.66. The molecule has 1 aromatic carbocycles. The first-order chi connectivity index (χ1) is 6.93. The van der Waals surface area contributed by atoms with Gasteiger partial charge in [-0.05, 0) is 6.07 Å². The molecule has 0 bridgehead atoms. The van der Waals surface area contributed by atoms with Crippen molar-refractivity contribution < 1.29 is 0 Å². The fraction of sp³-hybridized carbons (Fsp3) is 0.182. The highest BCUT2D eigenvalue weighted by Gasteiger charge is 2.17. The maximum absolute atomic E-state index is 4.50. The molecule has 2 nitrogen and oxygen atoms in total. The Morgan fingerprint density at radius 1 is 1.21 bits per heavy atom. The quantitative estimate of drug-likeness (QED) is 0.699. The Morgan fingerprint density at radius 3 is 3.14 bits per heavy atom. The molecule has 0 unspecified atom stereocenters. The third-order valence-electron chi connectivity index (χ3n) is 2.44. The molecule has 14 heavy (non-hydrogen) atoms. The molecule has 0 amide bonds. The average Bonchev–Trinajstić information content (AvgIpc) is 2.58. The number of thioether (sulfide) groups is 1. The third kappa shape index (κ3) is 1.24. The Bertz CT molecular complexity index is 435. The fourth-order valence-electron chi connectivity index (χ4n) is 1.68. The van der Waals surface area contributed by atoms with Crippen molar-refractivity contribution >= 4 is 23.7 Å². The number of rotatable bonds is 0. The van der Waals surface area contributed by atoms with E-state index in [-0.39, 0.29) is 0 Å². The van der Waals surface area contributed by atoms with E-state index in [1.165, 1.54) is 22.6 Å². The maximum atomic E-state index is 4.50. The minimum absolute atomic E-state index is 1.03. The minimum atomic E-state index is 1.03. The van der Waals surface area contributed by atoms with Crippen LogP contribution >= 0.6 is 11.8 Å². The lowest BCUT2D eigenvalue weighted by Gasteiger charge is -2.07. The molecule has 0 saturated carbocycles. The van der Waals surface area contributed by atoms with Gasteiger partial charge in [0.05, 0.1) is 5.70 Å². The van der Waals surface area contributed by atoms with Gasteiger partial charge in [-0.15, -0.1) is 11.8 Å². The smallest absolute Gasteiger partial charge is 0.0703 e. The van der Waals surface area contributed by atoms with E-state index in [1.54, 1.807) is 0 Å². The molecule has 70 valence electrons. The SMILES string of the molecule is C1=NC2=C(CSC2)Nc2ccccc21. The molecule has 0 fully saturated rings. The zero-order valence-corrected chi connectivity index (χ0v) is 8.47. The Kier molecular flexibility index (Phi) is 1.84. The number of aliphatic imine (C=N–C) groups is 1. The Labute approximate surface area is 87.1 Å². The van der Waals surface area contributed by atoms with Crippen LogP contribution in [-0.2, 0) is 0 Å². The predicted octanol–water partition coefficient (Wildman–Crippen LogP) is 2.49. The lowest BCUT2D eigenvalue weighted by Crippen LogP contribution is -2.01. The lowest BCUT2D eigenvalue weighted by atomic mass is 10.2. The molecule has 3 rings (SSSR count). The van der Waals surface area contributed by atoms with Crippen LogP contribution in [0.5, 0.6) is 0 Å². The van der Waals surface area contributed by atoms with Crippen LogP contribution in [-0.4, -0.2) is 17.7 Å². The number of nitrogens with zero attached hydrogens (tertiary/aromatic N) is 1. The minimum Gasteiger partial charge on any atom is -0.356 e. The molecule has 0 saturated heterocycles. The molecule has 1 N–H and O–H groups in total. The third-order valence-corrected chi connectivity index (χ3v) is 3.41. The second-order valence-corrected chi connectivity index (χ2v) is 4.37. The molecule has 0 radical (unpaired) electrons. The van der Waals surface area contributed by atoms with Gasteiger partial charge in [-0.2, -0.15) is 0 Å². The Balaban J connectivity index is 2.09. The molecule has 2 aliphatic rings. The highest BCUT2D eigenvalue weighted by Crippen LogP contribution is 2.29. The van der Waals surface area contributed by atoms with Crippen molar-refractivity contribution in [2.45, 2.75) is 0 Å². The number of fused-ring (bicyclic) bond motifs is 1.